The highest BCUT2D eigenvalue weighted by Gasteiger charge is 2.19. The van der Waals surface area contributed by atoms with E-state index in [9.17, 15) is 4.79 Å². The Morgan fingerprint density at radius 3 is 2.56 bits per heavy atom. The van der Waals surface area contributed by atoms with Crippen LogP contribution in [0.1, 0.15) is 5.69 Å². The summed E-state index contributed by atoms with van der Waals surface area (Å²) in [6.45, 7) is 3.60. The smallest absolute Gasteiger partial charge is 0.228 e. The molecule has 0 bridgehead atoms. The van der Waals surface area contributed by atoms with Crippen LogP contribution < -0.4 is 0 Å². The largest absolute Gasteiger partial charge is 0.340 e. The van der Waals surface area contributed by atoms with Crippen LogP contribution in [-0.2, 0) is 18.3 Å². The summed E-state index contributed by atoms with van der Waals surface area (Å²) < 4.78 is 1.73. The number of hydrogen-bond acceptors (Lipinski definition) is 3. The predicted molar refractivity (Wildman–Crippen MR) is 61.0 cm³/mol. The van der Waals surface area contributed by atoms with E-state index in [4.69, 9.17) is 0 Å². The van der Waals surface area contributed by atoms with E-state index in [0.717, 1.165) is 31.9 Å². The number of aryl methyl sites for hydroxylation is 1. The molecule has 1 saturated heterocycles. The first kappa shape index (κ1) is 11.1. The van der Waals surface area contributed by atoms with Crippen LogP contribution in [0, 0.1) is 0 Å². The quantitative estimate of drug-likeness (QED) is 0.692. The van der Waals surface area contributed by atoms with Crippen molar-refractivity contribution in [1.82, 2.24) is 19.6 Å². The third-order valence-corrected chi connectivity index (χ3v) is 2.96. The fraction of sp³-hybridized carbons (Fsp3) is 0.636. The van der Waals surface area contributed by atoms with E-state index in [1.54, 1.807) is 4.68 Å². The molecule has 1 aliphatic heterocycles. The van der Waals surface area contributed by atoms with Gasteiger partial charge >= 0.3 is 0 Å². The highest BCUT2D eigenvalue weighted by atomic mass is 16.2. The van der Waals surface area contributed by atoms with Crippen molar-refractivity contribution in [2.75, 3.05) is 33.2 Å². The Bertz CT molecular complexity index is 366. The summed E-state index contributed by atoms with van der Waals surface area (Å²) in [5.41, 5.74) is 0.853. The summed E-state index contributed by atoms with van der Waals surface area (Å²) in [6, 6.07) is 1.90. The van der Waals surface area contributed by atoms with E-state index >= 15 is 0 Å². The molecule has 0 atom stereocenters. The number of nitrogens with zero attached hydrogens (tertiary/aromatic N) is 4. The molecule has 0 unspecified atom stereocenters. The monoisotopic (exact) mass is 222 g/mol. The molecule has 1 amide bonds. The minimum absolute atomic E-state index is 0.187. The van der Waals surface area contributed by atoms with Gasteiger partial charge in [-0.1, -0.05) is 0 Å². The second-order valence-electron chi connectivity index (χ2n) is 4.34. The molecule has 5 nitrogen and oxygen atoms in total. The van der Waals surface area contributed by atoms with Crippen molar-refractivity contribution in [3.63, 3.8) is 0 Å². The summed E-state index contributed by atoms with van der Waals surface area (Å²) in [6.07, 6.45) is 2.29. The number of aromatic nitrogens is 2. The molecule has 0 spiro atoms. The van der Waals surface area contributed by atoms with Crippen molar-refractivity contribution >= 4 is 5.91 Å². The highest BCUT2D eigenvalue weighted by molar-refractivity contribution is 5.78. The molecule has 88 valence electrons. The minimum atomic E-state index is 0.187. The maximum Gasteiger partial charge on any atom is 0.228 e. The highest BCUT2D eigenvalue weighted by Crippen LogP contribution is 2.04. The van der Waals surface area contributed by atoms with Crippen molar-refractivity contribution in [2.24, 2.45) is 7.05 Å². The maximum atomic E-state index is 11.9. The molecule has 1 aromatic heterocycles. The molecule has 0 aromatic carbocycles. The Hall–Kier alpha value is -1.36. The maximum absolute atomic E-state index is 11.9. The summed E-state index contributed by atoms with van der Waals surface area (Å²) in [5.74, 6) is 0.187. The van der Waals surface area contributed by atoms with Gasteiger partial charge in [-0.25, -0.2) is 0 Å². The molecule has 16 heavy (non-hydrogen) atoms. The predicted octanol–water partition coefficient (Wildman–Crippen LogP) is -0.263. The molecule has 2 rings (SSSR count). The van der Waals surface area contributed by atoms with Crippen molar-refractivity contribution in [3.05, 3.63) is 18.0 Å². The lowest BCUT2D eigenvalue weighted by Gasteiger charge is -2.32. The molecule has 2 heterocycles. The molecular weight excluding hydrogens is 204 g/mol. The molecule has 1 aliphatic rings. The average molecular weight is 222 g/mol. The zero-order valence-corrected chi connectivity index (χ0v) is 9.89. The molecule has 5 heteroatoms. The van der Waals surface area contributed by atoms with E-state index in [0.29, 0.717) is 6.42 Å². The number of amides is 1. The summed E-state index contributed by atoms with van der Waals surface area (Å²) >= 11 is 0. The van der Waals surface area contributed by atoms with Crippen LogP contribution in [0.3, 0.4) is 0 Å². The molecule has 0 saturated carbocycles. The topological polar surface area (TPSA) is 41.4 Å². The number of carbonyl (C=O) groups is 1. The fourth-order valence-corrected chi connectivity index (χ4v) is 1.88. The minimum Gasteiger partial charge on any atom is -0.340 e. The van der Waals surface area contributed by atoms with E-state index in [1.165, 1.54) is 0 Å². The van der Waals surface area contributed by atoms with Gasteiger partial charge < -0.3 is 9.80 Å². The molecule has 1 fully saturated rings. The second-order valence-corrected chi connectivity index (χ2v) is 4.34. The SMILES string of the molecule is CN1CCN(C(=O)Cc2ccn(C)n2)CC1. The number of carbonyl (C=O) groups excluding carboxylic acids is 1. The van der Waals surface area contributed by atoms with Crippen molar-refractivity contribution in [3.8, 4) is 0 Å². The van der Waals surface area contributed by atoms with Crippen LogP contribution >= 0.6 is 0 Å². The third-order valence-electron chi connectivity index (χ3n) is 2.96. The van der Waals surface area contributed by atoms with E-state index < -0.39 is 0 Å². The third kappa shape index (κ3) is 2.61. The van der Waals surface area contributed by atoms with E-state index in [2.05, 4.69) is 17.0 Å². The Morgan fingerprint density at radius 1 is 1.31 bits per heavy atom. The Morgan fingerprint density at radius 2 is 2.00 bits per heavy atom. The molecular formula is C11H18N4O. The first-order valence-electron chi connectivity index (χ1n) is 5.60. The number of likely N-dealkylation sites (N-methyl/N-ethyl adjacent to an activating group) is 1. The van der Waals surface area contributed by atoms with Crippen LogP contribution in [0.4, 0.5) is 0 Å². The summed E-state index contributed by atoms with van der Waals surface area (Å²) in [5, 5.41) is 4.22. The van der Waals surface area contributed by atoms with Crippen molar-refractivity contribution in [2.45, 2.75) is 6.42 Å². The van der Waals surface area contributed by atoms with Crippen LogP contribution in [0.5, 0.6) is 0 Å². The molecule has 0 radical (unpaired) electrons. The van der Waals surface area contributed by atoms with Gasteiger partial charge in [0, 0.05) is 39.4 Å². The molecule has 0 N–H and O–H groups in total. The van der Waals surface area contributed by atoms with E-state index in [-0.39, 0.29) is 5.91 Å². The van der Waals surface area contributed by atoms with Gasteiger partial charge in [-0.15, -0.1) is 0 Å². The zero-order chi connectivity index (χ0) is 11.5. The fourth-order valence-electron chi connectivity index (χ4n) is 1.88. The van der Waals surface area contributed by atoms with Crippen LogP contribution in [0.2, 0.25) is 0 Å². The summed E-state index contributed by atoms with van der Waals surface area (Å²) in [4.78, 5) is 16.1. The molecule has 1 aromatic rings. The van der Waals surface area contributed by atoms with Crippen LogP contribution in [0.15, 0.2) is 12.3 Å². The summed E-state index contributed by atoms with van der Waals surface area (Å²) in [7, 11) is 3.95. The van der Waals surface area contributed by atoms with Gasteiger partial charge in [0.05, 0.1) is 12.1 Å². The normalized spacial score (nSPS) is 17.8. The van der Waals surface area contributed by atoms with Crippen LogP contribution in [0.25, 0.3) is 0 Å². The van der Waals surface area contributed by atoms with Gasteiger partial charge in [-0.2, -0.15) is 5.10 Å². The molecule has 0 aliphatic carbocycles. The van der Waals surface area contributed by atoms with Gasteiger partial charge in [0.25, 0.3) is 0 Å². The lowest BCUT2D eigenvalue weighted by molar-refractivity contribution is -0.132. The Kier molecular flexibility index (Phi) is 3.24. The number of piperazine rings is 1. The van der Waals surface area contributed by atoms with Crippen molar-refractivity contribution in [1.29, 1.82) is 0 Å². The zero-order valence-electron chi connectivity index (χ0n) is 9.89. The van der Waals surface area contributed by atoms with Gasteiger partial charge in [-0.05, 0) is 13.1 Å². The Balaban J connectivity index is 1.88. The first-order valence-corrected chi connectivity index (χ1v) is 5.60. The first-order chi connectivity index (χ1) is 7.65. The average Bonchev–Trinajstić information content (AvgIpc) is 2.65. The Labute approximate surface area is 95.6 Å². The number of rotatable bonds is 2. The van der Waals surface area contributed by atoms with Crippen molar-refractivity contribution < 1.29 is 4.79 Å². The lowest BCUT2D eigenvalue weighted by Crippen LogP contribution is -2.47. The van der Waals surface area contributed by atoms with Gasteiger partial charge in [0.15, 0.2) is 0 Å². The van der Waals surface area contributed by atoms with E-state index in [1.807, 2.05) is 24.2 Å². The standard InChI is InChI=1S/C11H18N4O/c1-13-5-7-15(8-6-13)11(16)9-10-3-4-14(2)12-10/h3-4H,5-9H2,1-2H3. The van der Waals surface area contributed by atoms with Crippen LogP contribution in [-0.4, -0.2) is 58.7 Å². The van der Waals surface area contributed by atoms with Gasteiger partial charge in [0.1, 0.15) is 0 Å². The van der Waals surface area contributed by atoms with Gasteiger partial charge in [-0.3, -0.25) is 9.48 Å². The van der Waals surface area contributed by atoms with Gasteiger partial charge in [0.2, 0.25) is 5.91 Å². The number of hydrogen-bond donors (Lipinski definition) is 0. The second kappa shape index (κ2) is 4.65. The lowest BCUT2D eigenvalue weighted by atomic mass is 10.2.